The summed E-state index contributed by atoms with van der Waals surface area (Å²) in [5, 5.41) is 19.7. The van der Waals surface area contributed by atoms with Gasteiger partial charge in [-0.1, -0.05) is 0 Å². The zero-order chi connectivity index (χ0) is 6.15. The van der Waals surface area contributed by atoms with E-state index in [9.17, 15) is 5.21 Å². The van der Waals surface area contributed by atoms with Crippen LogP contribution in [0.5, 0.6) is 0 Å². The predicted molar refractivity (Wildman–Crippen MR) is 25.0 cm³/mol. The van der Waals surface area contributed by atoms with E-state index in [1.165, 1.54) is 5.01 Å². The van der Waals surface area contributed by atoms with Crippen LogP contribution in [-0.4, -0.2) is 34.3 Å². The van der Waals surface area contributed by atoms with E-state index in [4.69, 9.17) is 10.6 Å². The molecule has 1 heterocycles. The van der Waals surface area contributed by atoms with Gasteiger partial charge in [-0.2, -0.15) is 0 Å². The molecule has 0 aliphatic carbocycles. The summed E-state index contributed by atoms with van der Waals surface area (Å²) >= 11 is 0. The molecule has 0 saturated carbocycles. The van der Waals surface area contributed by atoms with E-state index in [0.717, 1.165) is 0 Å². The minimum atomic E-state index is -0.406. The summed E-state index contributed by atoms with van der Waals surface area (Å²) in [6, 6.07) is 0. The van der Waals surface area contributed by atoms with Crippen molar-refractivity contribution in [2.75, 3.05) is 13.1 Å². The van der Waals surface area contributed by atoms with Crippen LogP contribution in [0.2, 0.25) is 0 Å². The number of rotatable bonds is 1. The molecule has 9 heavy (non-hydrogen) atoms. The Hall–Kier alpha value is 0.160. The molecule has 0 aromatic rings. The SMILES string of the molecule is N=[N+]([O-])N1CC(O)C1.[H-].[Na+]. The summed E-state index contributed by atoms with van der Waals surface area (Å²) in [4.78, 5) is -0.00722. The molecule has 0 aromatic heterocycles. The molecule has 1 fully saturated rings. The van der Waals surface area contributed by atoms with E-state index < -0.39 is 6.10 Å². The Balaban J connectivity index is 0. The first-order valence-electron chi connectivity index (χ1n) is 2.31. The summed E-state index contributed by atoms with van der Waals surface area (Å²) < 4.78 is 0. The third-order valence-electron chi connectivity index (χ3n) is 1.10. The van der Waals surface area contributed by atoms with Crippen LogP contribution in [0.25, 0.3) is 0 Å². The van der Waals surface area contributed by atoms with Gasteiger partial charge in [0, 0.05) is 4.97 Å². The first kappa shape index (κ1) is 9.16. The Kier molecular flexibility index (Phi) is 3.42. The van der Waals surface area contributed by atoms with Gasteiger partial charge in [0.1, 0.15) is 19.2 Å². The third-order valence-corrected chi connectivity index (χ3v) is 1.10. The van der Waals surface area contributed by atoms with Crippen molar-refractivity contribution < 1.29 is 41.1 Å². The largest absolute Gasteiger partial charge is 1.00 e. The van der Waals surface area contributed by atoms with Crippen molar-refractivity contribution in [3.8, 4) is 0 Å². The van der Waals surface area contributed by atoms with E-state index >= 15 is 0 Å². The molecule has 1 aliphatic heterocycles. The predicted octanol–water partition coefficient (Wildman–Crippen LogP) is -3.76. The second kappa shape index (κ2) is 3.36. The Morgan fingerprint density at radius 1 is 1.78 bits per heavy atom. The van der Waals surface area contributed by atoms with Crippen LogP contribution in [0.1, 0.15) is 1.43 Å². The van der Waals surface area contributed by atoms with Crippen molar-refractivity contribution in [2.24, 2.45) is 0 Å². The summed E-state index contributed by atoms with van der Waals surface area (Å²) in [6.07, 6.45) is -0.406. The van der Waals surface area contributed by atoms with Crippen LogP contribution in [0.15, 0.2) is 0 Å². The number of hydrogen-bond acceptors (Lipinski definition) is 3. The van der Waals surface area contributed by atoms with Crippen LogP contribution in [0.4, 0.5) is 0 Å². The van der Waals surface area contributed by atoms with Gasteiger partial charge in [-0.15, -0.1) is 5.01 Å². The van der Waals surface area contributed by atoms with Crippen molar-refractivity contribution in [2.45, 2.75) is 6.10 Å². The fraction of sp³-hybridized carbons (Fsp3) is 1.00. The number of nitrogens with zero attached hydrogens (tertiary/aromatic N) is 2. The Bertz CT molecular complexity index is 118. The fourth-order valence-corrected chi connectivity index (χ4v) is 0.581. The molecule has 0 unspecified atom stereocenters. The van der Waals surface area contributed by atoms with Crippen molar-refractivity contribution in [3.63, 3.8) is 0 Å². The van der Waals surface area contributed by atoms with E-state index in [1.807, 2.05) is 0 Å². The number of aliphatic hydroxyl groups is 1. The topological polar surface area (TPSA) is 73.4 Å². The molecule has 0 spiro atoms. The van der Waals surface area contributed by atoms with Gasteiger partial charge in [0.2, 0.25) is 0 Å². The molecule has 0 aromatic carbocycles. The molecule has 1 saturated heterocycles. The molecule has 0 bridgehead atoms. The van der Waals surface area contributed by atoms with Crippen molar-refractivity contribution in [1.29, 1.82) is 5.53 Å². The van der Waals surface area contributed by atoms with E-state index in [-0.39, 0.29) is 36.0 Å². The molecule has 2 N–H and O–H groups in total. The Labute approximate surface area is 76.1 Å². The van der Waals surface area contributed by atoms with Gasteiger partial charge in [-0.3, -0.25) is 0 Å². The number of aliphatic hydroxyl groups excluding tert-OH is 1. The average Bonchev–Trinajstić information content (AvgIpc) is 1.57. The number of hydrogen-bond donors (Lipinski definition) is 2. The van der Waals surface area contributed by atoms with Gasteiger partial charge in [0.05, 0.1) is 0 Å². The van der Waals surface area contributed by atoms with E-state index in [1.54, 1.807) is 0 Å². The van der Waals surface area contributed by atoms with E-state index in [2.05, 4.69) is 0 Å². The maximum Gasteiger partial charge on any atom is 1.00 e. The quantitative estimate of drug-likeness (QED) is 0.170. The van der Waals surface area contributed by atoms with Gasteiger partial charge in [-0.25, -0.2) is 0 Å². The zero-order valence-corrected chi connectivity index (χ0v) is 7.24. The maximum absolute atomic E-state index is 9.97. The minimum Gasteiger partial charge on any atom is -1.00 e. The zero-order valence-electron chi connectivity index (χ0n) is 6.24. The normalized spacial score (nSPS) is 18.1. The second-order valence-electron chi connectivity index (χ2n) is 1.80. The maximum atomic E-state index is 9.97. The minimum absolute atomic E-state index is 0. The average molecular weight is 141 g/mol. The van der Waals surface area contributed by atoms with Gasteiger partial charge in [0.25, 0.3) is 0 Å². The number of nitrogens with one attached hydrogen (secondary N) is 1. The molecule has 1 rings (SSSR count). The molecular formula is C3H8N3NaO2. The van der Waals surface area contributed by atoms with Crippen molar-refractivity contribution in [3.05, 3.63) is 5.21 Å². The van der Waals surface area contributed by atoms with Crippen LogP contribution >= 0.6 is 0 Å². The number of β-amino-alcohol motifs (C(OH)–C–C–N with tert-alkyl or cyclic N) is 1. The van der Waals surface area contributed by atoms with Crippen LogP contribution in [-0.2, 0) is 0 Å². The van der Waals surface area contributed by atoms with Gasteiger partial charge >= 0.3 is 29.6 Å². The molecule has 0 atom stereocenters. The summed E-state index contributed by atoms with van der Waals surface area (Å²) in [6.45, 7) is 0.597. The summed E-state index contributed by atoms with van der Waals surface area (Å²) in [7, 11) is 0. The molecule has 5 nitrogen and oxygen atoms in total. The molecule has 48 valence electrons. The molecular weight excluding hydrogens is 133 g/mol. The first-order chi connectivity index (χ1) is 3.70. The molecule has 6 heteroatoms. The Morgan fingerprint density at radius 2 is 2.22 bits per heavy atom. The van der Waals surface area contributed by atoms with Gasteiger partial charge < -0.3 is 11.7 Å². The monoisotopic (exact) mass is 141 g/mol. The summed E-state index contributed by atoms with van der Waals surface area (Å²) in [5.74, 6) is 0. The number of hydrazine groups is 1. The standard InChI is InChI=1S/C3H7N3O2.Na.H/c4-6(8)5-1-3(7)2-5;;/h3-4,7H,1-2H2;;/q;+1;-1. The smallest absolute Gasteiger partial charge is 1.00 e. The fourth-order valence-electron chi connectivity index (χ4n) is 0.581. The Morgan fingerprint density at radius 3 is 2.33 bits per heavy atom. The van der Waals surface area contributed by atoms with Crippen molar-refractivity contribution in [1.82, 2.24) is 5.01 Å². The van der Waals surface area contributed by atoms with E-state index in [0.29, 0.717) is 13.1 Å². The summed E-state index contributed by atoms with van der Waals surface area (Å²) in [5.41, 5.74) is 6.42. The van der Waals surface area contributed by atoms with Crippen LogP contribution in [0.3, 0.4) is 0 Å². The molecule has 0 amide bonds. The second-order valence-corrected chi connectivity index (χ2v) is 1.80. The molecule has 1 aliphatic rings. The van der Waals surface area contributed by atoms with Crippen LogP contribution in [0, 0.1) is 10.7 Å². The van der Waals surface area contributed by atoms with Gasteiger partial charge in [0.15, 0.2) is 0 Å². The van der Waals surface area contributed by atoms with Gasteiger partial charge in [-0.05, 0) is 5.53 Å². The molecule has 0 radical (unpaired) electrons. The van der Waals surface area contributed by atoms with Crippen LogP contribution < -0.4 is 29.6 Å². The third kappa shape index (κ3) is 2.09. The van der Waals surface area contributed by atoms with Crippen molar-refractivity contribution >= 4 is 0 Å². The first-order valence-corrected chi connectivity index (χ1v) is 2.31.